The van der Waals surface area contributed by atoms with Crippen molar-refractivity contribution in [1.29, 1.82) is 0 Å². The number of ether oxygens (including phenoxy) is 1. The van der Waals surface area contributed by atoms with Crippen molar-refractivity contribution >= 4 is 17.8 Å². The Balaban J connectivity index is 2.36. The maximum Gasteiger partial charge on any atom is 0.328 e. The molecule has 0 aliphatic carbocycles. The van der Waals surface area contributed by atoms with E-state index in [4.69, 9.17) is 4.74 Å². The predicted octanol–water partition coefficient (Wildman–Crippen LogP) is 11.3. The van der Waals surface area contributed by atoms with Gasteiger partial charge in [0.15, 0.2) is 0 Å². The molecule has 2 amide bonds. The van der Waals surface area contributed by atoms with E-state index < -0.39 is 6.04 Å². The van der Waals surface area contributed by atoms with E-state index in [1.54, 1.807) is 4.90 Å². The SMILES string of the molecule is CCCCC/C=C\C/C=C\CCCCCCCCOC(=O)C1CC(NC(=O)CC[N+](C)(C)C)CN1C(=O)CCCCCCC/C=C\C/C=C\CCCCC. The topological polar surface area (TPSA) is 75.7 Å². The number of hydrogen-bond acceptors (Lipinski definition) is 4. The molecule has 0 radical (unpaired) electrons. The Hall–Kier alpha value is -2.67. The quantitative estimate of drug-likeness (QED) is 0.0307. The number of amides is 2. The molecular formula is C47H84N3O4+. The molecule has 1 aliphatic heterocycles. The number of carbonyl (C=O) groups excluding carboxylic acids is 3. The van der Waals surface area contributed by atoms with E-state index in [-0.39, 0.29) is 23.8 Å². The molecule has 54 heavy (non-hydrogen) atoms. The van der Waals surface area contributed by atoms with Gasteiger partial charge in [-0.3, -0.25) is 9.59 Å². The number of allylic oxidation sites excluding steroid dienone is 8. The van der Waals surface area contributed by atoms with Crippen molar-refractivity contribution in [1.82, 2.24) is 10.2 Å². The highest BCUT2D eigenvalue weighted by Crippen LogP contribution is 2.22. The zero-order chi connectivity index (χ0) is 39.5. The maximum absolute atomic E-state index is 13.4. The Labute approximate surface area is 333 Å². The van der Waals surface area contributed by atoms with E-state index in [1.165, 1.54) is 83.5 Å². The molecule has 310 valence electrons. The fourth-order valence-electron chi connectivity index (χ4n) is 6.77. The van der Waals surface area contributed by atoms with Crippen LogP contribution < -0.4 is 5.32 Å². The highest BCUT2D eigenvalue weighted by atomic mass is 16.5. The molecule has 2 unspecified atom stereocenters. The molecule has 1 rings (SSSR count). The maximum atomic E-state index is 13.4. The number of esters is 1. The lowest BCUT2D eigenvalue weighted by Crippen LogP contribution is -2.43. The molecule has 0 bridgehead atoms. The van der Waals surface area contributed by atoms with Gasteiger partial charge in [0, 0.05) is 25.4 Å². The van der Waals surface area contributed by atoms with Gasteiger partial charge in [-0.2, -0.15) is 0 Å². The van der Waals surface area contributed by atoms with Crippen LogP contribution in [0.2, 0.25) is 0 Å². The largest absolute Gasteiger partial charge is 0.464 e. The van der Waals surface area contributed by atoms with Crippen molar-refractivity contribution in [2.75, 3.05) is 40.8 Å². The molecule has 0 aromatic carbocycles. The van der Waals surface area contributed by atoms with Crippen LogP contribution in [0.1, 0.15) is 181 Å². The minimum atomic E-state index is -0.622. The van der Waals surface area contributed by atoms with Gasteiger partial charge < -0.3 is 19.4 Å². The first-order valence-electron chi connectivity index (χ1n) is 22.3. The second-order valence-electron chi connectivity index (χ2n) is 16.6. The lowest BCUT2D eigenvalue weighted by Gasteiger charge is -2.24. The van der Waals surface area contributed by atoms with Crippen LogP contribution >= 0.6 is 0 Å². The molecule has 1 heterocycles. The normalized spacial score (nSPS) is 16.5. The predicted molar refractivity (Wildman–Crippen MR) is 229 cm³/mol. The smallest absolute Gasteiger partial charge is 0.328 e. The van der Waals surface area contributed by atoms with Crippen molar-refractivity contribution in [3.05, 3.63) is 48.6 Å². The molecule has 7 heteroatoms. The van der Waals surface area contributed by atoms with Crippen LogP contribution in [0.4, 0.5) is 0 Å². The summed E-state index contributed by atoms with van der Waals surface area (Å²) in [6, 6.07) is -0.846. The van der Waals surface area contributed by atoms with Crippen LogP contribution in [-0.2, 0) is 19.1 Å². The summed E-state index contributed by atoms with van der Waals surface area (Å²) < 4.78 is 6.44. The van der Waals surface area contributed by atoms with Crippen LogP contribution in [0.15, 0.2) is 48.6 Å². The van der Waals surface area contributed by atoms with Crippen LogP contribution in [0.5, 0.6) is 0 Å². The lowest BCUT2D eigenvalue weighted by atomic mass is 10.1. The summed E-state index contributed by atoms with van der Waals surface area (Å²) in [5, 5.41) is 3.10. The van der Waals surface area contributed by atoms with Gasteiger partial charge in [0.05, 0.1) is 40.7 Å². The summed E-state index contributed by atoms with van der Waals surface area (Å²) in [5.41, 5.74) is 0. The van der Waals surface area contributed by atoms with Gasteiger partial charge in [-0.1, -0.05) is 133 Å². The molecular weight excluding hydrogens is 671 g/mol. The number of nitrogens with zero attached hydrogens (tertiary/aromatic N) is 2. The van der Waals surface area contributed by atoms with E-state index in [1.807, 2.05) is 0 Å². The van der Waals surface area contributed by atoms with Gasteiger partial charge in [-0.05, 0) is 77.0 Å². The Morgan fingerprint density at radius 1 is 0.611 bits per heavy atom. The molecule has 0 aromatic rings. The number of rotatable bonds is 34. The second-order valence-corrected chi connectivity index (χ2v) is 16.6. The third-order valence-corrected chi connectivity index (χ3v) is 10.2. The Morgan fingerprint density at radius 3 is 1.57 bits per heavy atom. The van der Waals surface area contributed by atoms with Crippen molar-refractivity contribution in [3.63, 3.8) is 0 Å². The highest BCUT2D eigenvalue weighted by Gasteiger charge is 2.40. The van der Waals surface area contributed by atoms with E-state index in [0.29, 0.717) is 36.9 Å². The molecule has 1 fully saturated rings. The molecule has 0 aromatic heterocycles. The Morgan fingerprint density at radius 2 is 1.07 bits per heavy atom. The molecule has 1 aliphatic rings. The first-order chi connectivity index (χ1) is 26.2. The first kappa shape index (κ1) is 49.3. The molecule has 1 N–H and O–H groups in total. The summed E-state index contributed by atoms with van der Waals surface area (Å²) in [7, 11) is 6.20. The third-order valence-electron chi connectivity index (χ3n) is 10.2. The van der Waals surface area contributed by atoms with Crippen molar-refractivity contribution in [2.45, 2.75) is 193 Å². The summed E-state index contributed by atoms with van der Waals surface area (Å²) in [6.07, 6.45) is 46.1. The molecule has 0 saturated carbocycles. The fourth-order valence-corrected chi connectivity index (χ4v) is 6.77. The van der Waals surface area contributed by atoms with Gasteiger partial charge >= 0.3 is 5.97 Å². The minimum Gasteiger partial charge on any atom is -0.464 e. The van der Waals surface area contributed by atoms with Crippen LogP contribution in [0.25, 0.3) is 0 Å². The number of carbonyl (C=O) groups is 3. The highest BCUT2D eigenvalue weighted by molar-refractivity contribution is 5.86. The molecule has 0 spiro atoms. The van der Waals surface area contributed by atoms with E-state index >= 15 is 0 Å². The third kappa shape index (κ3) is 28.7. The summed E-state index contributed by atoms with van der Waals surface area (Å²) >= 11 is 0. The zero-order valence-electron chi connectivity index (χ0n) is 35.8. The number of unbranched alkanes of at least 4 members (excludes halogenated alkanes) is 17. The van der Waals surface area contributed by atoms with Gasteiger partial charge in [0.25, 0.3) is 0 Å². The molecule has 7 nitrogen and oxygen atoms in total. The number of nitrogens with one attached hydrogen (secondary N) is 1. The summed E-state index contributed by atoms with van der Waals surface area (Å²) in [6.45, 7) is 5.97. The van der Waals surface area contributed by atoms with Crippen LogP contribution in [0, 0.1) is 0 Å². The molecule has 2 atom stereocenters. The van der Waals surface area contributed by atoms with Gasteiger partial charge in [-0.25, -0.2) is 4.79 Å². The van der Waals surface area contributed by atoms with Crippen LogP contribution in [-0.4, -0.2) is 80.1 Å². The van der Waals surface area contributed by atoms with Gasteiger partial charge in [-0.15, -0.1) is 0 Å². The second kappa shape index (κ2) is 33.6. The lowest BCUT2D eigenvalue weighted by molar-refractivity contribution is -0.869. The number of quaternary nitrogens is 1. The van der Waals surface area contributed by atoms with Gasteiger partial charge in [0.2, 0.25) is 11.8 Å². The van der Waals surface area contributed by atoms with Crippen molar-refractivity contribution in [2.24, 2.45) is 0 Å². The standard InChI is InChI=1S/C47H83N3O4/c1-6-8-10-12-14-16-18-20-22-24-26-28-30-32-34-36-40-54-47(53)44-41-43(48-45(51)38-39-50(3,4)5)42-49(44)46(52)37-35-33-31-29-27-25-23-21-19-17-15-13-11-9-7-2/h14-17,20-23,43-44H,6-13,18-19,24-42H2,1-5H3/p+1/b16-14-,17-15-,22-20-,23-21-. The van der Waals surface area contributed by atoms with E-state index in [9.17, 15) is 14.4 Å². The summed E-state index contributed by atoms with van der Waals surface area (Å²) in [5.74, 6) is -0.349. The average Bonchev–Trinajstić information content (AvgIpc) is 3.57. The monoisotopic (exact) mass is 755 g/mol. The summed E-state index contributed by atoms with van der Waals surface area (Å²) in [4.78, 5) is 41.1. The Bertz CT molecular complexity index is 1070. The van der Waals surface area contributed by atoms with E-state index in [2.05, 4.69) is 88.9 Å². The molecule has 1 saturated heterocycles. The van der Waals surface area contributed by atoms with Crippen molar-refractivity contribution in [3.8, 4) is 0 Å². The zero-order valence-corrected chi connectivity index (χ0v) is 35.8. The van der Waals surface area contributed by atoms with Crippen LogP contribution in [0.3, 0.4) is 0 Å². The Kier molecular flexibility index (Phi) is 30.8. The average molecular weight is 755 g/mol. The number of likely N-dealkylation sites (tertiary alicyclic amines) is 1. The van der Waals surface area contributed by atoms with Gasteiger partial charge in [0.1, 0.15) is 6.04 Å². The minimum absolute atomic E-state index is 0.000502. The van der Waals surface area contributed by atoms with Crippen molar-refractivity contribution < 1.29 is 23.6 Å². The first-order valence-corrected chi connectivity index (χ1v) is 22.3. The van der Waals surface area contributed by atoms with E-state index in [0.717, 1.165) is 70.8 Å². The fraction of sp³-hybridized carbons (Fsp3) is 0.766. The number of hydrogen-bond donors (Lipinski definition) is 1.